The smallest absolute Gasteiger partial charge is 0.328 e. The highest BCUT2D eigenvalue weighted by molar-refractivity contribution is 6.36. The molecular formula is C32H24Cl2N2O5. The second-order valence-corrected chi connectivity index (χ2v) is 9.97. The summed E-state index contributed by atoms with van der Waals surface area (Å²) >= 11 is 12.5. The fraction of sp³-hybridized carbons (Fsp3) is 0.0938. The van der Waals surface area contributed by atoms with Crippen molar-refractivity contribution in [3.05, 3.63) is 124 Å². The van der Waals surface area contributed by atoms with Gasteiger partial charge in [0, 0.05) is 16.1 Å². The summed E-state index contributed by atoms with van der Waals surface area (Å²) < 4.78 is 11.7. The summed E-state index contributed by atoms with van der Waals surface area (Å²) in [7, 11) is 0. The number of amides is 1. The van der Waals surface area contributed by atoms with Gasteiger partial charge in [0.2, 0.25) is 5.89 Å². The number of oxazole rings is 1. The third-order valence-electron chi connectivity index (χ3n) is 6.26. The van der Waals surface area contributed by atoms with Gasteiger partial charge in [0.05, 0.1) is 18.2 Å². The molecule has 41 heavy (non-hydrogen) atoms. The lowest BCUT2D eigenvalue weighted by Gasteiger charge is -2.14. The molecule has 4 aromatic carbocycles. The van der Waals surface area contributed by atoms with Crippen LogP contribution in [0.4, 0.5) is 0 Å². The molecule has 5 rings (SSSR count). The largest absolute Gasteiger partial charge is 0.480 e. The fourth-order valence-electron chi connectivity index (χ4n) is 4.16. The van der Waals surface area contributed by atoms with Gasteiger partial charge in [-0.2, -0.15) is 0 Å². The number of hydrogen-bond donors (Lipinski definition) is 2. The number of aromatic nitrogens is 1. The molecule has 0 aliphatic heterocycles. The Morgan fingerprint density at radius 3 is 2.15 bits per heavy atom. The molecule has 0 aliphatic carbocycles. The average molecular weight is 587 g/mol. The Morgan fingerprint density at radius 2 is 1.49 bits per heavy atom. The van der Waals surface area contributed by atoms with Crippen LogP contribution in [0.2, 0.25) is 10.0 Å². The van der Waals surface area contributed by atoms with E-state index in [1.165, 1.54) is 6.07 Å². The zero-order valence-electron chi connectivity index (χ0n) is 21.6. The number of ether oxygens (including phenoxy) is 1. The standard InChI is InChI=1S/C32H24Cl2N2O5/c33-24-15-16-25(26(34)17-24)29-28(30(37)35-27(32(38)39)19-40-18-20-7-3-1-4-8-20)36-31(41-29)23-13-11-22(12-14-23)21-9-5-2-6-10-21/h1-17,27H,18-19H2,(H,35,37)(H,38,39)/t27-/m0/s1. The molecule has 0 aliphatic rings. The molecule has 1 aromatic heterocycles. The summed E-state index contributed by atoms with van der Waals surface area (Å²) in [6, 6.07) is 30.1. The molecule has 0 radical (unpaired) electrons. The minimum absolute atomic E-state index is 0.0839. The normalized spacial score (nSPS) is 11.7. The van der Waals surface area contributed by atoms with E-state index in [1.54, 1.807) is 12.1 Å². The van der Waals surface area contributed by atoms with Gasteiger partial charge in [-0.3, -0.25) is 4.79 Å². The van der Waals surface area contributed by atoms with E-state index < -0.39 is 17.9 Å². The lowest BCUT2D eigenvalue weighted by Crippen LogP contribution is -2.44. The summed E-state index contributed by atoms with van der Waals surface area (Å²) in [6.07, 6.45) is 0. The van der Waals surface area contributed by atoms with Gasteiger partial charge < -0.3 is 19.6 Å². The van der Waals surface area contributed by atoms with Crippen molar-refractivity contribution >= 4 is 35.1 Å². The van der Waals surface area contributed by atoms with Gasteiger partial charge >= 0.3 is 5.97 Å². The molecule has 1 heterocycles. The molecule has 0 saturated carbocycles. The summed E-state index contributed by atoms with van der Waals surface area (Å²) in [5, 5.41) is 12.9. The number of rotatable bonds is 10. The summed E-state index contributed by atoms with van der Waals surface area (Å²) in [5.41, 5.74) is 3.81. The second-order valence-electron chi connectivity index (χ2n) is 9.13. The molecule has 1 amide bonds. The van der Waals surface area contributed by atoms with Gasteiger partial charge in [0.15, 0.2) is 17.5 Å². The van der Waals surface area contributed by atoms with Crippen LogP contribution >= 0.6 is 23.2 Å². The first-order valence-electron chi connectivity index (χ1n) is 12.7. The first-order valence-corrected chi connectivity index (χ1v) is 13.4. The van der Waals surface area contributed by atoms with E-state index >= 15 is 0 Å². The van der Waals surface area contributed by atoms with Crippen LogP contribution in [0.5, 0.6) is 0 Å². The highest BCUT2D eigenvalue weighted by Gasteiger charge is 2.28. The van der Waals surface area contributed by atoms with E-state index in [2.05, 4.69) is 10.3 Å². The number of nitrogens with one attached hydrogen (secondary N) is 1. The van der Waals surface area contributed by atoms with Crippen molar-refractivity contribution in [1.29, 1.82) is 0 Å². The van der Waals surface area contributed by atoms with E-state index in [0.717, 1.165) is 16.7 Å². The third kappa shape index (κ3) is 6.84. The summed E-state index contributed by atoms with van der Waals surface area (Å²) in [6.45, 7) is -0.0577. The Kier molecular flexibility index (Phi) is 8.79. The van der Waals surface area contributed by atoms with Crippen LogP contribution in [-0.4, -0.2) is 34.6 Å². The van der Waals surface area contributed by atoms with Gasteiger partial charge in [-0.05, 0) is 47.0 Å². The minimum atomic E-state index is -1.33. The predicted molar refractivity (Wildman–Crippen MR) is 158 cm³/mol. The molecule has 2 N–H and O–H groups in total. The summed E-state index contributed by atoms with van der Waals surface area (Å²) in [4.78, 5) is 29.8. The number of carbonyl (C=O) groups excluding carboxylic acids is 1. The SMILES string of the molecule is O=C(N[C@@H](COCc1ccccc1)C(=O)O)c1nc(-c2ccc(-c3ccccc3)cc2)oc1-c1ccc(Cl)cc1Cl. The maximum atomic E-state index is 13.4. The molecule has 5 aromatic rings. The van der Waals surface area contributed by atoms with Crippen molar-refractivity contribution in [2.45, 2.75) is 12.6 Å². The molecular weight excluding hydrogens is 563 g/mol. The molecule has 0 fully saturated rings. The molecule has 1 atom stereocenters. The number of hydrogen-bond acceptors (Lipinski definition) is 5. The monoisotopic (exact) mass is 586 g/mol. The number of halogens is 2. The lowest BCUT2D eigenvalue weighted by molar-refractivity contribution is -0.141. The maximum Gasteiger partial charge on any atom is 0.328 e. The third-order valence-corrected chi connectivity index (χ3v) is 6.80. The first-order chi connectivity index (χ1) is 19.9. The lowest BCUT2D eigenvalue weighted by atomic mass is 10.0. The maximum absolute atomic E-state index is 13.4. The van der Waals surface area contributed by atoms with Crippen LogP contribution in [0, 0.1) is 0 Å². The van der Waals surface area contributed by atoms with Gasteiger partial charge in [0.25, 0.3) is 5.91 Å². The molecule has 0 spiro atoms. The molecule has 0 unspecified atom stereocenters. The fourth-order valence-corrected chi connectivity index (χ4v) is 4.65. The molecule has 7 nitrogen and oxygen atoms in total. The van der Waals surface area contributed by atoms with E-state index in [1.807, 2.05) is 84.9 Å². The van der Waals surface area contributed by atoms with Crippen molar-refractivity contribution < 1.29 is 23.8 Å². The number of carboxylic acid groups (broad SMARTS) is 1. The van der Waals surface area contributed by atoms with Crippen LogP contribution in [0.15, 0.2) is 108 Å². The van der Waals surface area contributed by atoms with Crippen molar-refractivity contribution in [2.75, 3.05) is 6.61 Å². The number of carboxylic acids is 1. The number of benzene rings is 4. The van der Waals surface area contributed by atoms with Crippen molar-refractivity contribution in [3.8, 4) is 33.9 Å². The Hall–Kier alpha value is -4.43. The van der Waals surface area contributed by atoms with E-state index in [9.17, 15) is 14.7 Å². The van der Waals surface area contributed by atoms with Gasteiger partial charge in [-0.1, -0.05) is 96.0 Å². The Labute approximate surface area is 246 Å². The van der Waals surface area contributed by atoms with Crippen molar-refractivity contribution in [1.82, 2.24) is 10.3 Å². The van der Waals surface area contributed by atoms with Crippen LogP contribution in [0.25, 0.3) is 33.9 Å². The van der Waals surface area contributed by atoms with Crippen LogP contribution in [-0.2, 0) is 16.1 Å². The van der Waals surface area contributed by atoms with Crippen molar-refractivity contribution in [3.63, 3.8) is 0 Å². The zero-order valence-corrected chi connectivity index (χ0v) is 23.1. The van der Waals surface area contributed by atoms with Gasteiger partial charge in [0.1, 0.15) is 0 Å². The zero-order chi connectivity index (χ0) is 28.8. The Balaban J connectivity index is 1.43. The first kappa shape index (κ1) is 28.1. The second kappa shape index (κ2) is 12.8. The number of carbonyl (C=O) groups is 2. The van der Waals surface area contributed by atoms with E-state index in [0.29, 0.717) is 16.1 Å². The molecule has 0 bridgehead atoms. The predicted octanol–water partition coefficient (Wildman–Crippen LogP) is 7.38. The number of nitrogens with zero attached hydrogens (tertiary/aromatic N) is 1. The van der Waals surface area contributed by atoms with Gasteiger partial charge in [-0.15, -0.1) is 0 Å². The van der Waals surface area contributed by atoms with Crippen LogP contribution in [0.1, 0.15) is 16.1 Å². The van der Waals surface area contributed by atoms with Crippen LogP contribution in [0.3, 0.4) is 0 Å². The topological polar surface area (TPSA) is 102 Å². The quantitative estimate of drug-likeness (QED) is 0.177. The van der Waals surface area contributed by atoms with E-state index in [-0.39, 0.29) is 35.6 Å². The van der Waals surface area contributed by atoms with Crippen LogP contribution < -0.4 is 5.32 Å². The van der Waals surface area contributed by atoms with Crippen molar-refractivity contribution in [2.24, 2.45) is 0 Å². The molecule has 9 heteroatoms. The Morgan fingerprint density at radius 1 is 0.854 bits per heavy atom. The Bertz CT molecular complexity index is 1660. The molecule has 0 saturated heterocycles. The van der Waals surface area contributed by atoms with E-state index in [4.69, 9.17) is 32.4 Å². The minimum Gasteiger partial charge on any atom is -0.480 e. The average Bonchev–Trinajstić information content (AvgIpc) is 3.43. The highest BCUT2D eigenvalue weighted by atomic mass is 35.5. The summed E-state index contributed by atoms with van der Waals surface area (Å²) in [5.74, 6) is -1.75. The highest BCUT2D eigenvalue weighted by Crippen LogP contribution is 2.36. The van der Waals surface area contributed by atoms with Gasteiger partial charge in [-0.25, -0.2) is 9.78 Å². The molecule has 206 valence electrons. The number of aliphatic carboxylic acids is 1.